The maximum absolute atomic E-state index is 11.3. The van der Waals surface area contributed by atoms with Gasteiger partial charge in [-0.3, -0.25) is 4.79 Å². The summed E-state index contributed by atoms with van der Waals surface area (Å²) in [6, 6.07) is -0.225. The third kappa shape index (κ3) is 1.32. The summed E-state index contributed by atoms with van der Waals surface area (Å²) in [6.07, 6.45) is -0.857. The summed E-state index contributed by atoms with van der Waals surface area (Å²) in [5, 5.41) is 9.66. The van der Waals surface area contributed by atoms with Crippen molar-refractivity contribution in [1.82, 2.24) is 4.90 Å². The summed E-state index contributed by atoms with van der Waals surface area (Å²) in [5.41, 5.74) is 0. The number of aliphatic hydroxyl groups excluding tert-OH is 1. The molecule has 0 aromatic rings. The lowest BCUT2D eigenvalue weighted by molar-refractivity contribution is -0.131. The van der Waals surface area contributed by atoms with Gasteiger partial charge in [0.25, 0.3) is 0 Å². The molecule has 2 saturated heterocycles. The average molecular weight is 201 g/mol. The number of hydrogen-bond donors (Lipinski definition) is 1. The molecule has 14 heavy (non-hydrogen) atoms. The molecular weight excluding hydrogens is 186 g/mol. The number of hydrogen-bond acceptors (Lipinski definition) is 4. The predicted molar refractivity (Wildman–Crippen MR) is 47.7 cm³/mol. The number of likely N-dealkylation sites (tertiary alicyclic amines) is 1. The Morgan fingerprint density at radius 3 is 2.93 bits per heavy atom. The number of fused-ring (bicyclic) bond motifs is 1. The van der Waals surface area contributed by atoms with Gasteiger partial charge >= 0.3 is 0 Å². The first-order valence-corrected chi connectivity index (χ1v) is 4.75. The van der Waals surface area contributed by atoms with E-state index < -0.39 is 6.10 Å². The van der Waals surface area contributed by atoms with Gasteiger partial charge in [-0.05, 0) is 0 Å². The zero-order valence-corrected chi connectivity index (χ0v) is 8.34. The van der Waals surface area contributed by atoms with Crippen LogP contribution in [0.2, 0.25) is 0 Å². The largest absolute Gasteiger partial charge is 0.388 e. The molecular formula is C9H15NO4. The highest BCUT2D eigenvalue weighted by molar-refractivity contribution is 5.74. The topological polar surface area (TPSA) is 59.0 Å². The molecule has 0 aromatic heterocycles. The lowest BCUT2D eigenvalue weighted by atomic mass is 10.1. The molecule has 2 fully saturated rings. The molecule has 2 aliphatic heterocycles. The third-order valence-corrected chi connectivity index (χ3v) is 3.00. The van der Waals surface area contributed by atoms with Crippen molar-refractivity contribution in [1.29, 1.82) is 0 Å². The lowest BCUT2D eigenvalue weighted by Crippen LogP contribution is -2.43. The fourth-order valence-electron chi connectivity index (χ4n) is 2.30. The quantitative estimate of drug-likeness (QED) is 0.590. The minimum absolute atomic E-state index is 0.0379. The van der Waals surface area contributed by atoms with Gasteiger partial charge in [-0.15, -0.1) is 0 Å². The molecule has 80 valence electrons. The van der Waals surface area contributed by atoms with Gasteiger partial charge in [0.2, 0.25) is 5.91 Å². The number of rotatable bonds is 1. The van der Waals surface area contributed by atoms with Crippen LogP contribution in [0.5, 0.6) is 0 Å². The number of methoxy groups -OCH3 is 1. The number of carbonyl (C=O) groups is 1. The molecule has 5 nitrogen and oxygen atoms in total. The van der Waals surface area contributed by atoms with Crippen LogP contribution in [0, 0.1) is 0 Å². The Morgan fingerprint density at radius 1 is 1.64 bits per heavy atom. The van der Waals surface area contributed by atoms with E-state index in [1.54, 1.807) is 12.0 Å². The van der Waals surface area contributed by atoms with E-state index in [1.165, 1.54) is 6.92 Å². The molecule has 2 rings (SSSR count). The second-order valence-electron chi connectivity index (χ2n) is 3.80. The second-order valence-corrected chi connectivity index (χ2v) is 3.80. The molecule has 0 saturated carbocycles. The highest BCUT2D eigenvalue weighted by Crippen LogP contribution is 2.31. The molecule has 0 spiro atoms. The van der Waals surface area contributed by atoms with E-state index in [-0.39, 0.29) is 24.2 Å². The summed E-state index contributed by atoms with van der Waals surface area (Å²) in [6.45, 7) is 2.30. The van der Waals surface area contributed by atoms with E-state index in [9.17, 15) is 9.90 Å². The molecule has 4 atom stereocenters. The second kappa shape index (κ2) is 3.49. The first-order chi connectivity index (χ1) is 6.65. The van der Waals surface area contributed by atoms with Gasteiger partial charge < -0.3 is 19.5 Å². The van der Waals surface area contributed by atoms with E-state index in [4.69, 9.17) is 9.47 Å². The molecule has 2 aliphatic rings. The number of nitrogens with zero attached hydrogens (tertiary/aromatic N) is 1. The predicted octanol–water partition coefficient (Wildman–Crippen LogP) is -1.01. The molecule has 2 heterocycles. The first kappa shape index (κ1) is 9.89. The monoisotopic (exact) mass is 201 g/mol. The molecule has 1 amide bonds. The minimum Gasteiger partial charge on any atom is -0.388 e. The third-order valence-electron chi connectivity index (χ3n) is 3.00. The maximum Gasteiger partial charge on any atom is 0.219 e. The smallest absolute Gasteiger partial charge is 0.219 e. The van der Waals surface area contributed by atoms with Crippen LogP contribution in [0.3, 0.4) is 0 Å². The van der Waals surface area contributed by atoms with Crippen molar-refractivity contribution >= 4 is 5.91 Å². The normalized spacial score (nSPS) is 41.5. The standard InChI is InChI=1S/C9H15NO4/c1-5(11)10-3-7(13-2)9-8(10)6(12)4-14-9/h6-9,12H,3-4H2,1-2H3/t6?,7-,8?,9-/m1/s1. The van der Waals surface area contributed by atoms with Crippen molar-refractivity contribution in [3.63, 3.8) is 0 Å². The molecule has 2 unspecified atom stereocenters. The molecule has 0 aromatic carbocycles. The van der Waals surface area contributed by atoms with Crippen molar-refractivity contribution < 1.29 is 19.4 Å². The molecule has 5 heteroatoms. The van der Waals surface area contributed by atoms with Crippen molar-refractivity contribution in [3.8, 4) is 0 Å². The van der Waals surface area contributed by atoms with Crippen LogP contribution in [0.15, 0.2) is 0 Å². The van der Waals surface area contributed by atoms with E-state index in [0.29, 0.717) is 13.2 Å². The van der Waals surface area contributed by atoms with Crippen LogP contribution < -0.4 is 0 Å². The molecule has 0 radical (unpaired) electrons. The summed E-state index contributed by atoms with van der Waals surface area (Å²) >= 11 is 0. The van der Waals surface area contributed by atoms with Gasteiger partial charge in [0.15, 0.2) is 0 Å². The Balaban J connectivity index is 2.18. The van der Waals surface area contributed by atoms with E-state index in [2.05, 4.69) is 0 Å². The Labute approximate surface area is 82.6 Å². The molecule has 1 N–H and O–H groups in total. The molecule has 0 bridgehead atoms. The fraction of sp³-hybridized carbons (Fsp3) is 0.889. The van der Waals surface area contributed by atoms with Crippen LogP contribution >= 0.6 is 0 Å². The maximum atomic E-state index is 11.3. The number of carbonyl (C=O) groups excluding carboxylic acids is 1. The summed E-state index contributed by atoms with van der Waals surface area (Å²) in [5.74, 6) is -0.0379. The number of aliphatic hydroxyl groups is 1. The highest BCUT2D eigenvalue weighted by Gasteiger charge is 2.51. The lowest BCUT2D eigenvalue weighted by Gasteiger charge is -2.23. The van der Waals surface area contributed by atoms with Crippen LogP contribution in [0.4, 0.5) is 0 Å². The summed E-state index contributed by atoms with van der Waals surface area (Å²) in [4.78, 5) is 12.9. The Hall–Kier alpha value is -0.650. The van der Waals surface area contributed by atoms with Gasteiger partial charge in [0, 0.05) is 20.6 Å². The van der Waals surface area contributed by atoms with Crippen LogP contribution in [0.25, 0.3) is 0 Å². The SMILES string of the molecule is CO[C@@H]1CN(C(C)=O)C2C(O)CO[C@@H]21. The van der Waals surface area contributed by atoms with E-state index in [0.717, 1.165) is 0 Å². The Bertz CT molecular complexity index is 245. The van der Waals surface area contributed by atoms with Gasteiger partial charge in [-0.2, -0.15) is 0 Å². The molecule has 0 aliphatic carbocycles. The zero-order chi connectivity index (χ0) is 10.3. The van der Waals surface area contributed by atoms with Crippen molar-refractivity contribution in [2.45, 2.75) is 31.3 Å². The zero-order valence-electron chi connectivity index (χ0n) is 8.34. The average Bonchev–Trinajstić information content (AvgIpc) is 2.66. The Morgan fingerprint density at radius 2 is 2.36 bits per heavy atom. The Kier molecular flexibility index (Phi) is 2.47. The van der Waals surface area contributed by atoms with Crippen LogP contribution in [0.1, 0.15) is 6.92 Å². The van der Waals surface area contributed by atoms with Gasteiger partial charge in [0.1, 0.15) is 18.3 Å². The van der Waals surface area contributed by atoms with E-state index >= 15 is 0 Å². The van der Waals surface area contributed by atoms with Gasteiger partial charge in [-0.25, -0.2) is 0 Å². The van der Waals surface area contributed by atoms with Crippen molar-refractivity contribution in [2.24, 2.45) is 0 Å². The first-order valence-electron chi connectivity index (χ1n) is 4.75. The van der Waals surface area contributed by atoms with Crippen molar-refractivity contribution in [3.05, 3.63) is 0 Å². The number of amides is 1. The van der Waals surface area contributed by atoms with Gasteiger partial charge in [0.05, 0.1) is 12.6 Å². The summed E-state index contributed by atoms with van der Waals surface area (Å²) in [7, 11) is 1.60. The highest BCUT2D eigenvalue weighted by atomic mass is 16.6. The minimum atomic E-state index is -0.580. The van der Waals surface area contributed by atoms with E-state index in [1.807, 2.05) is 0 Å². The van der Waals surface area contributed by atoms with Crippen molar-refractivity contribution in [2.75, 3.05) is 20.3 Å². The van der Waals surface area contributed by atoms with Crippen LogP contribution in [-0.4, -0.2) is 60.5 Å². The summed E-state index contributed by atoms with van der Waals surface area (Å²) < 4.78 is 10.6. The number of ether oxygens (including phenoxy) is 2. The van der Waals surface area contributed by atoms with Crippen LogP contribution in [-0.2, 0) is 14.3 Å². The van der Waals surface area contributed by atoms with Gasteiger partial charge in [-0.1, -0.05) is 0 Å². The fourth-order valence-corrected chi connectivity index (χ4v) is 2.30.